The molecular weight excluding hydrogens is 194 g/mol. The molecule has 1 aromatic heterocycles. The average molecular weight is 201 g/mol. The zero-order valence-corrected chi connectivity index (χ0v) is 8.11. The Balaban J connectivity index is 2.35. The lowest BCUT2D eigenvalue weighted by atomic mass is 10.2. The second-order valence-corrected chi connectivity index (χ2v) is 3.66. The number of hydrogen-bond donors (Lipinski definition) is 0. The van der Waals surface area contributed by atoms with Crippen molar-refractivity contribution in [2.45, 2.75) is 0 Å². The van der Waals surface area contributed by atoms with Crippen LogP contribution < -0.4 is 0 Å². The highest BCUT2D eigenvalue weighted by molar-refractivity contribution is 7.13. The van der Waals surface area contributed by atoms with Crippen LogP contribution in [-0.4, -0.2) is 0 Å². The first-order valence-corrected chi connectivity index (χ1v) is 4.97. The van der Waals surface area contributed by atoms with Crippen molar-refractivity contribution >= 4 is 17.0 Å². The molecule has 4 heteroatoms. The van der Waals surface area contributed by atoms with Gasteiger partial charge in [0.25, 0.3) is 0 Å². The van der Waals surface area contributed by atoms with Crippen molar-refractivity contribution in [1.82, 2.24) is 0 Å². The van der Waals surface area contributed by atoms with Crippen molar-refractivity contribution < 1.29 is 0 Å². The molecule has 68 valence electrons. The molecule has 0 bridgehead atoms. The molecule has 0 saturated carbocycles. The number of hydrogen-bond acceptors (Lipinski definition) is 2. The van der Waals surface area contributed by atoms with E-state index in [1.807, 2.05) is 35.7 Å². The summed E-state index contributed by atoms with van der Waals surface area (Å²) in [5, 5.41) is 5.55. The second-order valence-electron chi connectivity index (χ2n) is 2.71. The van der Waals surface area contributed by atoms with Crippen molar-refractivity contribution in [2.75, 3.05) is 0 Å². The summed E-state index contributed by atoms with van der Waals surface area (Å²) in [7, 11) is 0. The molecule has 1 heterocycles. The molecule has 0 aliphatic carbocycles. The van der Waals surface area contributed by atoms with E-state index in [0.717, 1.165) is 5.56 Å². The molecule has 0 aliphatic rings. The molecule has 14 heavy (non-hydrogen) atoms. The zero-order valence-electron chi connectivity index (χ0n) is 7.29. The molecule has 0 amide bonds. The van der Waals surface area contributed by atoms with Crippen LogP contribution in [-0.2, 0) is 0 Å². The van der Waals surface area contributed by atoms with Gasteiger partial charge < -0.3 is 0 Å². The molecular formula is C10H7N3S. The highest BCUT2D eigenvalue weighted by Gasteiger charge is 1.96. The maximum atomic E-state index is 8.23. The molecule has 0 spiro atoms. The highest BCUT2D eigenvalue weighted by atomic mass is 32.1. The number of nitrogens with zero attached hydrogens (tertiary/aromatic N) is 3. The van der Waals surface area contributed by atoms with Crippen LogP contribution in [0.4, 0.5) is 5.69 Å². The predicted octanol–water partition coefficient (Wildman–Crippen LogP) is 4.36. The molecule has 0 fully saturated rings. The third-order valence-electron chi connectivity index (χ3n) is 1.83. The van der Waals surface area contributed by atoms with Crippen molar-refractivity contribution in [3.05, 3.63) is 52.2 Å². The first-order chi connectivity index (χ1) is 6.90. The molecule has 0 saturated heterocycles. The number of azide groups is 1. The fourth-order valence-corrected chi connectivity index (χ4v) is 1.92. The van der Waals surface area contributed by atoms with Gasteiger partial charge in [-0.15, -0.1) is 11.3 Å². The Morgan fingerprint density at radius 1 is 1.14 bits per heavy atom. The summed E-state index contributed by atoms with van der Waals surface area (Å²) in [6, 6.07) is 11.6. The lowest BCUT2D eigenvalue weighted by Crippen LogP contribution is -1.69. The Kier molecular flexibility index (Phi) is 2.49. The van der Waals surface area contributed by atoms with Crippen molar-refractivity contribution in [1.29, 1.82) is 0 Å². The molecule has 2 rings (SSSR count). The van der Waals surface area contributed by atoms with Crippen LogP contribution in [0.1, 0.15) is 0 Å². The molecule has 0 atom stereocenters. The Bertz CT molecular complexity index is 453. The average Bonchev–Trinajstić information content (AvgIpc) is 2.72. The van der Waals surface area contributed by atoms with Gasteiger partial charge in [-0.05, 0) is 22.5 Å². The van der Waals surface area contributed by atoms with Crippen LogP contribution in [0.5, 0.6) is 0 Å². The van der Waals surface area contributed by atoms with Crippen molar-refractivity contribution in [3.8, 4) is 10.4 Å². The van der Waals surface area contributed by atoms with Crippen LogP contribution in [0.2, 0.25) is 0 Å². The van der Waals surface area contributed by atoms with E-state index >= 15 is 0 Å². The topological polar surface area (TPSA) is 48.8 Å². The zero-order chi connectivity index (χ0) is 9.80. The summed E-state index contributed by atoms with van der Waals surface area (Å²) in [6.45, 7) is 0. The van der Waals surface area contributed by atoms with E-state index in [-0.39, 0.29) is 0 Å². The van der Waals surface area contributed by atoms with Gasteiger partial charge in [-0.2, -0.15) is 0 Å². The molecule has 2 aromatic rings. The molecule has 0 unspecified atom stereocenters. The molecule has 0 aliphatic heterocycles. The standard InChI is InChI=1S/C10H7N3S/c11-13-12-9-5-3-8(4-6-9)10-2-1-7-14-10/h1-7H. The van der Waals surface area contributed by atoms with Crippen molar-refractivity contribution in [3.63, 3.8) is 0 Å². The lowest BCUT2D eigenvalue weighted by Gasteiger charge is -1.96. The summed E-state index contributed by atoms with van der Waals surface area (Å²) in [4.78, 5) is 3.95. The Morgan fingerprint density at radius 2 is 1.93 bits per heavy atom. The van der Waals surface area contributed by atoms with Crippen LogP contribution in [0.3, 0.4) is 0 Å². The van der Waals surface area contributed by atoms with Gasteiger partial charge in [-0.1, -0.05) is 35.4 Å². The number of rotatable bonds is 2. The van der Waals surface area contributed by atoms with Crippen LogP contribution in [0.15, 0.2) is 46.9 Å². The molecule has 3 nitrogen and oxygen atoms in total. The minimum atomic E-state index is 0.646. The van der Waals surface area contributed by atoms with Gasteiger partial charge in [0.1, 0.15) is 0 Å². The summed E-state index contributed by atoms with van der Waals surface area (Å²) in [5.41, 5.74) is 10.0. The minimum Gasteiger partial charge on any atom is -0.144 e. The third-order valence-corrected chi connectivity index (χ3v) is 2.75. The van der Waals surface area contributed by atoms with E-state index in [1.165, 1.54) is 4.88 Å². The fourth-order valence-electron chi connectivity index (χ4n) is 1.19. The SMILES string of the molecule is [N-]=[N+]=Nc1ccc(-c2cccs2)cc1. The van der Waals surface area contributed by atoms with Gasteiger partial charge in [0, 0.05) is 15.5 Å². The van der Waals surface area contributed by atoms with Gasteiger partial charge in [-0.25, -0.2) is 0 Å². The summed E-state index contributed by atoms with van der Waals surface area (Å²) < 4.78 is 0. The fraction of sp³-hybridized carbons (Fsp3) is 0. The summed E-state index contributed by atoms with van der Waals surface area (Å²) in [5.74, 6) is 0. The van der Waals surface area contributed by atoms with E-state index in [0.29, 0.717) is 5.69 Å². The second kappa shape index (κ2) is 3.96. The maximum absolute atomic E-state index is 8.23. The van der Waals surface area contributed by atoms with E-state index in [2.05, 4.69) is 16.1 Å². The first-order valence-electron chi connectivity index (χ1n) is 4.09. The normalized spacial score (nSPS) is 9.43. The predicted molar refractivity (Wildman–Crippen MR) is 58.6 cm³/mol. The molecule has 0 radical (unpaired) electrons. The monoisotopic (exact) mass is 201 g/mol. The van der Waals surface area contributed by atoms with E-state index in [4.69, 9.17) is 5.53 Å². The van der Waals surface area contributed by atoms with Crippen LogP contribution in [0, 0.1) is 0 Å². The lowest BCUT2D eigenvalue weighted by molar-refractivity contribution is 1.48. The van der Waals surface area contributed by atoms with Crippen molar-refractivity contribution in [2.24, 2.45) is 5.11 Å². The Morgan fingerprint density at radius 3 is 2.50 bits per heavy atom. The van der Waals surface area contributed by atoms with Gasteiger partial charge >= 0.3 is 0 Å². The highest BCUT2D eigenvalue weighted by Crippen LogP contribution is 2.26. The third kappa shape index (κ3) is 1.76. The van der Waals surface area contributed by atoms with E-state index in [9.17, 15) is 0 Å². The quantitative estimate of drug-likeness (QED) is 0.394. The molecule has 1 aromatic carbocycles. The maximum Gasteiger partial charge on any atom is 0.0375 e. The first kappa shape index (κ1) is 8.81. The van der Waals surface area contributed by atoms with Gasteiger partial charge in [0.15, 0.2) is 0 Å². The van der Waals surface area contributed by atoms with E-state index < -0.39 is 0 Å². The van der Waals surface area contributed by atoms with Crippen LogP contribution in [0.25, 0.3) is 20.9 Å². The largest absolute Gasteiger partial charge is 0.144 e. The van der Waals surface area contributed by atoms with Gasteiger partial charge in [0.05, 0.1) is 0 Å². The summed E-state index contributed by atoms with van der Waals surface area (Å²) >= 11 is 1.69. The van der Waals surface area contributed by atoms with Gasteiger partial charge in [0.2, 0.25) is 0 Å². The smallest absolute Gasteiger partial charge is 0.0375 e. The van der Waals surface area contributed by atoms with Crippen LogP contribution >= 0.6 is 11.3 Å². The number of benzene rings is 1. The van der Waals surface area contributed by atoms with E-state index in [1.54, 1.807) is 11.3 Å². The van der Waals surface area contributed by atoms with Gasteiger partial charge in [-0.3, -0.25) is 0 Å². The Hall–Kier alpha value is -1.77. The summed E-state index contributed by atoms with van der Waals surface area (Å²) in [6.07, 6.45) is 0. The molecule has 0 N–H and O–H groups in total. The Labute approximate surface area is 85.3 Å². The number of thiophene rings is 1. The minimum absolute atomic E-state index is 0.646.